The molecule has 2 aromatic carbocycles. The van der Waals surface area contributed by atoms with E-state index in [4.69, 9.17) is 16.3 Å². The summed E-state index contributed by atoms with van der Waals surface area (Å²) in [5.41, 5.74) is 13.2. The summed E-state index contributed by atoms with van der Waals surface area (Å²) in [6.07, 6.45) is 0. The fourth-order valence-corrected chi connectivity index (χ4v) is 2.81. The van der Waals surface area contributed by atoms with Gasteiger partial charge in [-0.1, -0.05) is 36.4 Å². The zero-order valence-corrected chi connectivity index (χ0v) is 15.7. The van der Waals surface area contributed by atoms with Crippen LogP contribution in [0.4, 0.5) is 0 Å². The van der Waals surface area contributed by atoms with E-state index in [9.17, 15) is 0 Å². The van der Waals surface area contributed by atoms with Crippen LogP contribution in [0.5, 0.6) is 0 Å². The molecule has 4 N–H and O–H groups in total. The fraction of sp³-hybridized carbons (Fsp3) is 0.294. The van der Waals surface area contributed by atoms with E-state index in [1.807, 2.05) is 32.0 Å². The van der Waals surface area contributed by atoms with E-state index in [1.54, 1.807) is 0 Å². The van der Waals surface area contributed by atoms with Gasteiger partial charge in [-0.3, -0.25) is 4.84 Å². The molecule has 1 aliphatic rings. The van der Waals surface area contributed by atoms with Crippen LogP contribution < -0.4 is 11.5 Å². The third-order valence-electron chi connectivity index (χ3n) is 3.90. The monoisotopic (exact) mass is 391 g/mol. The van der Waals surface area contributed by atoms with Crippen molar-refractivity contribution < 1.29 is 4.84 Å². The zero-order chi connectivity index (χ0) is 16.6. The van der Waals surface area contributed by atoms with Gasteiger partial charge in [0.1, 0.15) is 6.61 Å². The third-order valence-corrected chi connectivity index (χ3v) is 3.90. The SMILES string of the molecule is Br.Cc1cccc2c(CON3C(N)=NC(N)=NC3(C)C)cccc12. The lowest BCUT2D eigenvalue weighted by Gasteiger charge is -2.36. The van der Waals surface area contributed by atoms with Crippen molar-refractivity contribution >= 4 is 39.7 Å². The summed E-state index contributed by atoms with van der Waals surface area (Å²) in [5, 5.41) is 3.88. The highest BCUT2D eigenvalue weighted by molar-refractivity contribution is 8.93. The van der Waals surface area contributed by atoms with Crippen LogP contribution in [0.25, 0.3) is 10.8 Å². The van der Waals surface area contributed by atoms with Gasteiger partial charge in [-0.05, 0) is 42.7 Å². The minimum atomic E-state index is -0.698. The molecule has 6 nitrogen and oxygen atoms in total. The van der Waals surface area contributed by atoms with Crippen LogP contribution in [0, 0.1) is 6.92 Å². The Morgan fingerprint density at radius 1 is 1.08 bits per heavy atom. The Labute approximate surface area is 151 Å². The number of hydrogen-bond donors (Lipinski definition) is 2. The van der Waals surface area contributed by atoms with Crippen LogP contribution >= 0.6 is 17.0 Å². The molecular weight excluding hydrogens is 370 g/mol. The van der Waals surface area contributed by atoms with Gasteiger partial charge in [0, 0.05) is 0 Å². The molecule has 0 aliphatic carbocycles. The molecule has 1 heterocycles. The maximum Gasteiger partial charge on any atom is 0.226 e. The predicted octanol–water partition coefficient (Wildman–Crippen LogP) is 2.84. The average Bonchev–Trinajstić information content (AvgIpc) is 2.46. The van der Waals surface area contributed by atoms with Crippen LogP contribution in [0.15, 0.2) is 46.4 Å². The van der Waals surface area contributed by atoms with Crippen LogP contribution in [0.3, 0.4) is 0 Å². The van der Waals surface area contributed by atoms with Crippen molar-refractivity contribution in [3.05, 3.63) is 47.5 Å². The molecule has 0 aromatic heterocycles. The summed E-state index contributed by atoms with van der Waals surface area (Å²) in [7, 11) is 0. The number of hydrogen-bond acceptors (Lipinski definition) is 6. The topological polar surface area (TPSA) is 89.2 Å². The number of aryl methyl sites for hydroxylation is 1. The first-order chi connectivity index (χ1) is 10.9. The molecule has 0 bridgehead atoms. The van der Waals surface area contributed by atoms with Crippen molar-refractivity contribution in [3.8, 4) is 0 Å². The number of rotatable bonds is 3. The second-order valence-electron chi connectivity index (χ2n) is 6.09. The Hall–Kier alpha value is -2.12. The molecule has 2 aromatic rings. The standard InChI is InChI=1S/C17H21N5O.BrH/c1-11-6-4-9-14-12(7-5-8-13(11)14)10-23-22-16(19)20-15(18)21-17(22,2)3;/h4-9H,10H2,1-3H3,(H4,18,19,20,21);1H. The van der Waals surface area contributed by atoms with Crippen molar-refractivity contribution in [2.75, 3.05) is 0 Å². The summed E-state index contributed by atoms with van der Waals surface area (Å²) >= 11 is 0. The Morgan fingerprint density at radius 2 is 1.75 bits per heavy atom. The number of aliphatic imine (C=N–C) groups is 2. The molecule has 7 heteroatoms. The number of nitrogens with zero attached hydrogens (tertiary/aromatic N) is 3. The van der Waals surface area contributed by atoms with Gasteiger partial charge in [-0.2, -0.15) is 10.1 Å². The molecule has 0 atom stereocenters. The van der Waals surface area contributed by atoms with Gasteiger partial charge in [0.25, 0.3) is 0 Å². The summed E-state index contributed by atoms with van der Waals surface area (Å²) < 4.78 is 0. The van der Waals surface area contributed by atoms with Crippen molar-refractivity contribution in [1.29, 1.82) is 0 Å². The minimum Gasteiger partial charge on any atom is -0.368 e. The molecule has 0 radical (unpaired) electrons. The van der Waals surface area contributed by atoms with E-state index in [1.165, 1.54) is 21.4 Å². The van der Waals surface area contributed by atoms with Crippen LogP contribution in [-0.4, -0.2) is 22.6 Å². The van der Waals surface area contributed by atoms with Crippen molar-refractivity contribution in [3.63, 3.8) is 0 Å². The van der Waals surface area contributed by atoms with Crippen LogP contribution in [0.2, 0.25) is 0 Å². The number of nitrogens with two attached hydrogens (primary N) is 2. The highest BCUT2D eigenvalue weighted by Crippen LogP contribution is 2.25. The maximum absolute atomic E-state index is 5.94. The number of guanidine groups is 2. The Morgan fingerprint density at radius 3 is 2.46 bits per heavy atom. The molecule has 0 saturated heterocycles. The maximum atomic E-state index is 5.94. The molecule has 24 heavy (non-hydrogen) atoms. The molecule has 0 amide bonds. The van der Waals surface area contributed by atoms with E-state index in [0.29, 0.717) is 6.61 Å². The molecule has 1 aliphatic heterocycles. The van der Waals surface area contributed by atoms with Gasteiger partial charge in [0.2, 0.25) is 11.9 Å². The molecule has 3 rings (SSSR count). The Kier molecular flexibility index (Phi) is 5.15. The van der Waals surface area contributed by atoms with Crippen LogP contribution in [0.1, 0.15) is 25.0 Å². The summed E-state index contributed by atoms with van der Waals surface area (Å²) in [6.45, 7) is 6.21. The van der Waals surface area contributed by atoms with Gasteiger partial charge in [-0.25, -0.2) is 4.99 Å². The largest absolute Gasteiger partial charge is 0.368 e. The van der Waals surface area contributed by atoms with E-state index >= 15 is 0 Å². The number of hydroxylamine groups is 2. The van der Waals surface area contributed by atoms with Gasteiger partial charge < -0.3 is 11.5 Å². The summed E-state index contributed by atoms with van der Waals surface area (Å²) in [6, 6.07) is 12.4. The molecule has 0 unspecified atom stereocenters. The van der Waals surface area contributed by atoms with Gasteiger partial charge in [0.05, 0.1) is 0 Å². The lowest BCUT2D eigenvalue weighted by Crippen LogP contribution is -2.53. The highest BCUT2D eigenvalue weighted by atomic mass is 79.9. The van der Waals surface area contributed by atoms with Gasteiger partial charge in [0.15, 0.2) is 5.66 Å². The van der Waals surface area contributed by atoms with Crippen molar-refractivity contribution in [2.24, 2.45) is 21.5 Å². The quantitative estimate of drug-likeness (QED) is 0.841. The second-order valence-corrected chi connectivity index (χ2v) is 6.09. The molecule has 128 valence electrons. The van der Waals surface area contributed by atoms with Gasteiger partial charge in [-0.15, -0.1) is 17.0 Å². The molecule has 0 spiro atoms. The normalized spacial score (nSPS) is 16.4. The smallest absolute Gasteiger partial charge is 0.226 e. The number of fused-ring (bicyclic) bond motifs is 1. The van der Waals surface area contributed by atoms with Crippen molar-refractivity contribution in [2.45, 2.75) is 33.0 Å². The van der Waals surface area contributed by atoms with E-state index in [-0.39, 0.29) is 28.9 Å². The average molecular weight is 392 g/mol. The summed E-state index contributed by atoms with van der Waals surface area (Å²) in [5.74, 6) is 0.368. The first-order valence-corrected chi connectivity index (χ1v) is 7.48. The van der Waals surface area contributed by atoms with Gasteiger partial charge >= 0.3 is 0 Å². The third kappa shape index (κ3) is 3.37. The molecule has 0 fully saturated rings. The fourth-order valence-electron chi connectivity index (χ4n) is 2.81. The molecule has 0 saturated carbocycles. The Balaban J connectivity index is 0.00000208. The lowest BCUT2D eigenvalue weighted by molar-refractivity contribution is -0.166. The number of halogens is 1. The first-order valence-electron chi connectivity index (χ1n) is 7.48. The van der Waals surface area contributed by atoms with Crippen LogP contribution in [-0.2, 0) is 11.4 Å². The lowest BCUT2D eigenvalue weighted by atomic mass is 10.0. The van der Waals surface area contributed by atoms with E-state index in [2.05, 4.69) is 35.1 Å². The Bertz CT molecular complexity index is 816. The van der Waals surface area contributed by atoms with E-state index in [0.717, 1.165) is 5.56 Å². The van der Waals surface area contributed by atoms with E-state index < -0.39 is 5.66 Å². The zero-order valence-electron chi connectivity index (χ0n) is 14.0. The predicted molar refractivity (Wildman–Crippen MR) is 103 cm³/mol. The molecular formula is C17H22BrN5O. The first kappa shape index (κ1) is 18.2. The minimum absolute atomic E-state index is 0. The summed E-state index contributed by atoms with van der Waals surface area (Å²) in [4.78, 5) is 14.1. The highest BCUT2D eigenvalue weighted by Gasteiger charge is 2.33. The number of benzene rings is 2. The second kappa shape index (κ2) is 6.78. The van der Waals surface area contributed by atoms with Crippen molar-refractivity contribution in [1.82, 2.24) is 5.06 Å².